The molecule has 1 N–H and O–H groups in total. The third kappa shape index (κ3) is 5.74. The number of aryl methyl sites for hydroxylation is 2. The molecule has 0 spiro atoms. The fourth-order valence-electron chi connectivity index (χ4n) is 3.73. The number of hydrogen-bond donors (Lipinski definition) is 1. The molecule has 1 heterocycles. The van der Waals surface area contributed by atoms with Gasteiger partial charge < -0.3 is 9.88 Å². The van der Waals surface area contributed by atoms with Crippen molar-refractivity contribution in [2.75, 3.05) is 6.54 Å². The minimum atomic E-state index is 0.0959. The summed E-state index contributed by atoms with van der Waals surface area (Å²) in [4.78, 5) is 17.0. The van der Waals surface area contributed by atoms with E-state index in [1.807, 2.05) is 60.7 Å². The summed E-state index contributed by atoms with van der Waals surface area (Å²) in [5, 5.41) is 3.78. The lowest BCUT2D eigenvalue weighted by Crippen LogP contribution is -2.25. The molecule has 4 rings (SSSR count). The maximum Gasteiger partial charge on any atom is 0.220 e. The summed E-state index contributed by atoms with van der Waals surface area (Å²) in [6.45, 7) is 1.40. The van der Waals surface area contributed by atoms with Crippen LogP contribution in [0.2, 0.25) is 5.02 Å². The van der Waals surface area contributed by atoms with Gasteiger partial charge in [-0.3, -0.25) is 4.79 Å². The third-order valence-corrected chi connectivity index (χ3v) is 5.62. The van der Waals surface area contributed by atoms with Crippen LogP contribution in [0.15, 0.2) is 78.9 Å². The Bertz CT molecular complexity index is 1140. The number of nitrogens with zero attached hydrogens (tertiary/aromatic N) is 2. The van der Waals surface area contributed by atoms with Crippen LogP contribution in [0, 0.1) is 0 Å². The topological polar surface area (TPSA) is 46.9 Å². The molecule has 0 fully saturated rings. The second kappa shape index (κ2) is 10.3. The molecule has 0 bridgehead atoms. The maximum atomic E-state index is 12.2. The Morgan fingerprint density at radius 2 is 1.61 bits per heavy atom. The van der Waals surface area contributed by atoms with Crippen molar-refractivity contribution in [3.05, 3.63) is 101 Å². The number of imidazole rings is 1. The molecule has 0 aliphatic rings. The standard InChI is InChI=1S/C26H26ClN3O/c27-22-15-12-21(13-16-22)19-30-24-10-5-4-9-23(24)29-25(30)11-6-18-28-26(31)17-14-20-7-2-1-3-8-20/h1-5,7-10,12-13,15-16H,6,11,14,17-19H2,(H,28,31). The number of carbonyl (C=O) groups is 1. The number of aromatic nitrogens is 2. The number of nitrogens with one attached hydrogen (secondary N) is 1. The smallest absolute Gasteiger partial charge is 0.220 e. The van der Waals surface area contributed by atoms with Crippen molar-refractivity contribution in [2.45, 2.75) is 32.2 Å². The van der Waals surface area contributed by atoms with Crippen molar-refractivity contribution < 1.29 is 4.79 Å². The average Bonchev–Trinajstić information content (AvgIpc) is 3.15. The first-order valence-corrected chi connectivity index (χ1v) is 11.1. The minimum absolute atomic E-state index is 0.0959. The number of hydrogen-bond acceptors (Lipinski definition) is 2. The van der Waals surface area contributed by atoms with Gasteiger partial charge in [0.25, 0.3) is 0 Å². The van der Waals surface area contributed by atoms with E-state index < -0.39 is 0 Å². The van der Waals surface area contributed by atoms with Crippen LogP contribution < -0.4 is 5.32 Å². The highest BCUT2D eigenvalue weighted by Gasteiger charge is 2.11. The van der Waals surface area contributed by atoms with Gasteiger partial charge in [0.2, 0.25) is 5.91 Å². The van der Waals surface area contributed by atoms with Crippen molar-refractivity contribution in [1.82, 2.24) is 14.9 Å². The molecule has 5 heteroatoms. The normalized spacial score (nSPS) is 11.0. The second-order valence-electron chi connectivity index (χ2n) is 7.67. The van der Waals surface area contributed by atoms with Crippen LogP contribution >= 0.6 is 11.6 Å². The van der Waals surface area contributed by atoms with E-state index in [1.54, 1.807) is 0 Å². The van der Waals surface area contributed by atoms with Crippen LogP contribution in [-0.4, -0.2) is 22.0 Å². The zero-order chi connectivity index (χ0) is 21.5. The quantitative estimate of drug-likeness (QED) is 0.360. The molecule has 4 aromatic rings. The van der Waals surface area contributed by atoms with Gasteiger partial charge in [0.15, 0.2) is 0 Å². The first-order chi connectivity index (χ1) is 15.2. The lowest BCUT2D eigenvalue weighted by Gasteiger charge is -2.10. The SMILES string of the molecule is O=C(CCc1ccccc1)NCCCc1nc2ccccc2n1Cc1ccc(Cl)cc1. The summed E-state index contributed by atoms with van der Waals surface area (Å²) in [6, 6.07) is 26.2. The highest BCUT2D eigenvalue weighted by atomic mass is 35.5. The molecule has 31 heavy (non-hydrogen) atoms. The number of fused-ring (bicyclic) bond motifs is 1. The molecule has 0 atom stereocenters. The van der Waals surface area contributed by atoms with E-state index in [4.69, 9.17) is 16.6 Å². The molecule has 3 aromatic carbocycles. The predicted molar refractivity (Wildman–Crippen MR) is 126 cm³/mol. The molecule has 1 amide bonds. The Balaban J connectivity index is 1.34. The Kier molecular flexibility index (Phi) is 7.00. The van der Waals surface area contributed by atoms with Gasteiger partial charge in [-0.05, 0) is 48.2 Å². The van der Waals surface area contributed by atoms with E-state index in [0.29, 0.717) is 13.0 Å². The minimum Gasteiger partial charge on any atom is -0.356 e. The molecule has 4 nitrogen and oxygen atoms in total. The molecule has 1 aromatic heterocycles. The monoisotopic (exact) mass is 431 g/mol. The highest BCUT2D eigenvalue weighted by Crippen LogP contribution is 2.20. The summed E-state index contributed by atoms with van der Waals surface area (Å²) in [5.74, 6) is 1.13. The Morgan fingerprint density at radius 3 is 2.42 bits per heavy atom. The average molecular weight is 432 g/mol. The van der Waals surface area contributed by atoms with E-state index in [2.05, 4.69) is 28.1 Å². The van der Waals surface area contributed by atoms with E-state index in [-0.39, 0.29) is 5.91 Å². The van der Waals surface area contributed by atoms with E-state index in [9.17, 15) is 4.79 Å². The zero-order valence-corrected chi connectivity index (χ0v) is 18.2. The van der Waals surface area contributed by atoms with Crippen LogP contribution in [0.25, 0.3) is 11.0 Å². The van der Waals surface area contributed by atoms with Crippen molar-refractivity contribution in [3.8, 4) is 0 Å². The molecular formula is C26H26ClN3O. The summed E-state index contributed by atoms with van der Waals surface area (Å²) >= 11 is 6.03. The summed E-state index contributed by atoms with van der Waals surface area (Å²) in [5.41, 5.74) is 4.49. The van der Waals surface area contributed by atoms with E-state index in [1.165, 1.54) is 11.1 Å². The fraction of sp³-hybridized carbons (Fsp3) is 0.231. The van der Waals surface area contributed by atoms with Crippen molar-refractivity contribution in [3.63, 3.8) is 0 Å². The molecular weight excluding hydrogens is 406 g/mol. The lowest BCUT2D eigenvalue weighted by molar-refractivity contribution is -0.121. The molecule has 0 radical (unpaired) electrons. The number of benzene rings is 3. The van der Waals surface area contributed by atoms with Gasteiger partial charge in [-0.15, -0.1) is 0 Å². The number of amides is 1. The predicted octanol–water partition coefficient (Wildman–Crippen LogP) is 5.42. The first-order valence-electron chi connectivity index (χ1n) is 10.7. The lowest BCUT2D eigenvalue weighted by atomic mass is 10.1. The van der Waals surface area contributed by atoms with Gasteiger partial charge in [0, 0.05) is 31.0 Å². The summed E-state index contributed by atoms with van der Waals surface area (Å²) in [6.07, 6.45) is 2.94. The molecule has 0 saturated carbocycles. The van der Waals surface area contributed by atoms with Crippen molar-refractivity contribution in [1.29, 1.82) is 0 Å². The number of rotatable bonds is 9. The van der Waals surface area contributed by atoms with Gasteiger partial charge in [-0.25, -0.2) is 4.98 Å². The van der Waals surface area contributed by atoms with Gasteiger partial charge in [0.05, 0.1) is 11.0 Å². The molecule has 0 aliphatic carbocycles. The van der Waals surface area contributed by atoms with Crippen molar-refractivity contribution in [2.24, 2.45) is 0 Å². The van der Waals surface area contributed by atoms with Crippen LogP contribution in [0.3, 0.4) is 0 Å². The van der Waals surface area contributed by atoms with Gasteiger partial charge in [-0.1, -0.05) is 66.2 Å². The fourth-order valence-corrected chi connectivity index (χ4v) is 3.86. The van der Waals surface area contributed by atoms with E-state index >= 15 is 0 Å². The molecule has 158 valence electrons. The maximum absolute atomic E-state index is 12.2. The number of carbonyl (C=O) groups excluding carboxylic acids is 1. The highest BCUT2D eigenvalue weighted by molar-refractivity contribution is 6.30. The van der Waals surface area contributed by atoms with Crippen molar-refractivity contribution >= 4 is 28.5 Å². The van der Waals surface area contributed by atoms with Gasteiger partial charge in [-0.2, -0.15) is 0 Å². The summed E-state index contributed by atoms with van der Waals surface area (Å²) in [7, 11) is 0. The molecule has 0 aliphatic heterocycles. The molecule has 0 saturated heterocycles. The van der Waals surface area contributed by atoms with Crippen LogP contribution in [0.4, 0.5) is 0 Å². The van der Waals surface area contributed by atoms with Crippen LogP contribution in [0.5, 0.6) is 0 Å². The van der Waals surface area contributed by atoms with Crippen LogP contribution in [-0.2, 0) is 24.2 Å². The first kappa shape index (κ1) is 21.1. The summed E-state index contributed by atoms with van der Waals surface area (Å²) < 4.78 is 2.26. The second-order valence-corrected chi connectivity index (χ2v) is 8.10. The Morgan fingerprint density at radius 1 is 0.871 bits per heavy atom. The largest absolute Gasteiger partial charge is 0.356 e. The Hall–Kier alpha value is -3.11. The molecule has 0 unspecified atom stereocenters. The van der Waals surface area contributed by atoms with Gasteiger partial charge >= 0.3 is 0 Å². The van der Waals surface area contributed by atoms with Crippen LogP contribution in [0.1, 0.15) is 29.8 Å². The zero-order valence-electron chi connectivity index (χ0n) is 17.4. The Labute approximate surface area is 187 Å². The number of halogens is 1. The third-order valence-electron chi connectivity index (χ3n) is 5.37. The number of para-hydroxylation sites is 2. The van der Waals surface area contributed by atoms with Gasteiger partial charge in [0.1, 0.15) is 5.82 Å². The van der Waals surface area contributed by atoms with E-state index in [0.717, 1.165) is 47.7 Å².